The number of thiophene rings is 1. The van der Waals surface area contributed by atoms with Crippen LogP contribution in [0.2, 0.25) is 0 Å². The van der Waals surface area contributed by atoms with Gasteiger partial charge in [-0.05, 0) is 47.9 Å². The fraction of sp³-hybridized carbons (Fsp3) is 0.412. The van der Waals surface area contributed by atoms with Crippen LogP contribution in [0, 0.1) is 5.92 Å². The maximum Gasteiger partial charge on any atom is 0.317 e. The number of urea groups is 1. The van der Waals surface area contributed by atoms with Crippen molar-refractivity contribution in [3.63, 3.8) is 0 Å². The highest BCUT2D eigenvalue weighted by Gasteiger charge is 2.28. The summed E-state index contributed by atoms with van der Waals surface area (Å²) in [6, 6.07) is 7.69. The van der Waals surface area contributed by atoms with Gasteiger partial charge in [-0.25, -0.2) is 4.79 Å². The Morgan fingerprint density at radius 1 is 1.35 bits per heavy atom. The summed E-state index contributed by atoms with van der Waals surface area (Å²) in [5.74, 6) is 0.234. The molecular formula is C17H21N3O2S. The lowest BCUT2D eigenvalue weighted by Crippen LogP contribution is -2.44. The van der Waals surface area contributed by atoms with Crippen molar-refractivity contribution in [3.8, 4) is 0 Å². The quantitative estimate of drug-likeness (QED) is 0.905. The minimum Gasteiger partial charge on any atom is -0.387 e. The Hall–Kier alpha value is -1.92. The Morgan fingerprint density at radius 2 is 2.09 bits per heavy atom. The number of hydrogen-bond donors (Lipinski definition) is 2. The molecule has 1 fully saturated rings. The van der Waals surface area contributed by atoms with E-state index in [2.05, 4.69) is 10.3 Å². The molecule has 1 atom stereocenters. The number of likely N-dealkylation sites (tertiary alicyclic amines) is 1. The van der Waals surface area contributed by atoms with Crippen LogP contribution in [0.15, 0.2) is 42.0 Å². The third kappa shape index (κ3) is 4.09. The smallest absolute Gasteiger partial charge is 0.317 e. The molecule has 6 heteroatoms. The molecule has 122 valence electrons. The minimum atomic E-state index is -0.406. The van der Waals surface area contributed by atoms with Gasteiger partial charge in [-0.15, -0.1) is 11.3 Å². The molecule has 2 aromatic rings. The summed E-state index contributed by atoms with van der Waals surface area (Å²) < 4.78 is 0. The number of carbonyl (C=O) groups is 1. The second-order valence-corrected chi connectivity index (χ2v) is 6.78. The highest BCUT2D eigenvalue weighted by atomic mass is 32.1. The number of nitrogens with zero attached hydrogens (tertiary/aromatic N) is 2. The zero-order valence-electron chi connectivity index (χ0n) is 12.9. The molecule has 0 saturated carbocycles. The van der Waals surface area contributed by atoms with Crippen molar-refractivity contribution >= 4 is 17.4 Å². The maximum atomic E-state index is 12.2. The second kappa shape index (κ2) is 7.57. The third-order valence-electron chi connectivity index (χ3n) is 4.30. The number of hydrogen-bond acceptors (Lipinski definition) is 4. The molecule has 0 bridgehead atoms. The van der Waals surface area contributed by atoms with Crippen molar-refractivity contribution in [1.82, 2.24) is 15.2 Å². The van der Waals surface area contributed by atoms with Gasteiger partial charge in [0.1, 0.15) is 0 Å². The predicted molar refractivity (Wildman–Crippen MR) is 90.0 cm³/mol. The molecule has 0 unspecified atom stereocenters. The van der Waals surface area contributed by atoms with E-state index in [-0.39, 0.29) is 11.9 Å². The van der Waals surface area contributed by atoms with Crippen LogP contribution in [0.25, 0.3) is 0 Å². The zero-order valence-corrected chi connectivity index (χ0v) is 13.7. The van der Waals surface area contributed by atoms with Crippen LogP contribution in [0.1, 0.15) is 29.4 Å². The van der Waals surface area contributed by atoms with Crippen LogP contribution >= 0.6 is 11.3 Å². The summed E-state index contributed by atoms with van der Waals surface area (Å²) in [6.45, 7) is 1.89. The van der Waals surface area contributed by atoms with Crippen LogP contribution in [0.3, 0.4) is 0 Å². The molecular weight excluding hydrogens is 310 g/mol. The van der Waals surface area contributed by atoms with E-state index in [1.807, 2.05) is 34.5 Å². The normalized spacial score (nSPS) is 17.0. The fourth-order valence-corrected chi connectivity index (χ4v) is 3.70. The van der Waals surface area contributed by atoms with Crippen molar-refractivity contribution in [1.29, 1.82) is 0 Å². The first-order valence-corrected chi connectivity index (χ1v) is 8.75. The van der Waals surface area contributed by atoms with E-state index in [0.29, 0.717) is 19.6 Å². The highest BCUT2D eigenvalue weighted by molar-refractivity contribution is 7.10. The Morgan fingerprint density at radius 3 is 2.74 bits per heavy atom. The van der Waals surface area contributed by atoms with Crippen LogP contribution in [0.4, 0.5) is 4.79 Å². The van der Waals surface area contributed by atoms with Crippen molar-refractivity contribution in [2.24, 2.45) is 5.92 Å². The van der Waals surface area contributed by atoms with E-state index in [1.54, 1.807) is 23.7 Å². The van der Waals surface area contributed by atoms with E-state index in [4.69, 9.17) is 0 Å². The Balaban J connectivity index is 1.46. The number of rotatable bonds is 4. The van der Waals surface area contributed by atoms with E-state index < -0.39 is 6.10 Å². The van der Waals surface area contributed by atoms with Crippen LogP contribution in [-0.2, 0) is 6.54 Å². The molecule has 2 amide bonds. The monoisotopic (exact) mass is 331 g/mol. The average molecular weight is 331 g/mol. The van der Waals surface area contributed by atoms with Gasteiger partial charge in [0.05, 0.1) is 6.10 Å². The molecule has 2 N–H and O–H groups in total. The van der Waals surface area contributed by atoms with E-state index in [0.717, 1.165) is 23.3 Å². The van der Waals surface area contributed by atoms with Gasteiger partial charge in [0.15, 0.2) is 0 Å². The van der Waals surface area contributed by atoms with Gasteiger partial charge in [-0.1, -0.05) is 6.07 Å². The standard InChI is InChI=1S/C17H21N3O2S/c21-16(15-2-1-11-23-15)14-5-9-20(10-6-14)17(22)19-12-13-3-7-18-8-4-13/h1-4,7-8,11,14,16,21H,5-6,9-10,12H2,(H,19,22)/t16-/m1/s1. The number of aliphatic hydroxyl groups excluding tert-OH is 1. The molecule has 3 rings (SSSR count). The van der Waals surface area contributed by atoms with Gasteiger partial charge in [-0.3, -0.25) is 4.98 Å². The first kappa shape index (κ1) is 16.0. The molecule has 0 radical (unpaired) electrons. The maximum absolute atomic E-state index is 12.2. The largest absolute Gasteiger partial charge is 0.387 e. The van der Waals surface area contributed by atoms with E-state index in [9.17, 15) is 9.90 Å². The molecule has 5 nitrogen and oxygen atoms in total. The summed E-state index contributed by atoms with van der Waals surface area (Å²) in [4.78, 5) is 19.0. The van der Waals surface area contributed by atoms with Crippen LogP contribution < -0.4 is 5.32 Å². The molecule has 1 aliphatic heterocycles. The van der Waals surface area contributed by atoms with Crippen LogP contribution in [0.5, 0.6) is 0 Å². The van der Waals surface area contributed by atoms with Crippen molar-refractivity contribution in [2.45, 2.75) is 25.5 Å². The zero-order chi connectivity index (χ0) is 16.1. The van der Waals surface area contributed by atoms with Crippen molar-refractivity contribution in [3.05, 3.63) is 52.5 Å². The van der Waals surface area contributed by atoms with E-state index in [1.165, 1.54) is 0 Å². The topological polar surface area (TPSA) is 65.5 Å². The van der Waals surface area contributed by atoms with E-state index >= 15 is 0 Å². The number of aliphatic hydroxyl groups is 1. The number of aromatic nitrogens is 1. The summed E-state index contributed by atoms with van der Waals surface area (Å²) in [5.41, 5.74) is 1.04. The lowest BCUT2D eigenvalue weighted by atomic mass is 9.90. The number of carbonyl (C=O) groups excluding carboxylic acids is 1. The summed E-state index contributed by atoms with van der Waals surface area (Å²) in [6.07, 6.45) is 4.71. The average Bonchev–Trinajstić information content (AvgIpc) is 3.15. The van der Waals surface area contributed by atoms with Gasteiger partial charge >= 0.3 is 6.03 Å². The Labute approximate surface area is 140 Å². The lowest BCUT2D eigenvalue weighted by Gasteiger charge is -2.34. The van der Waals surface area contributed by atoms with Gasteiger partial charge in [0.25, 0.3) is 0 Å². The van der Waals surface area contributed by atoms with Crippen molar-refractivity contribution in [2.75, 3.05) is 13.1 Å². The molecule has 1 aliphatic rings. The van der Waals surface area contributed by atoms with Gasteiger partial charge < -0.3 is 15.3 Å². The third-order valence-corrected chi connectivity index (χ3v) is 5.24. The number of pyridine rings is 1. The molecule has 23 heavy (non-hydrogen) atoms. The predicted octanol–water partition coefficient (Wildman–Crippen LogP) is 2.80. The van der Waals surface area contributed by atoms with Crippen LogP contribution in [-0.4, -0.2) is 34.1 Å². The number of nitrogens with one attached hydrogen (secondary N) is 1. The molecule has 2 aromatic heterocycles. The molecule has 3 heterocycles. The molecule has 0 aromatic carbocycles. The van der Waals surface area contributed by atoms with Gasteiger partial charge in [0.2, 0.25) is 0 Å². The second-order valence-electron chi connectivity index (χ2n) is 5.80. The molecule has 1 saturated heterocycles. The lowest BCUT2D eigenvalue weighted by molar-refractivity contribution is 0.0689. The van der Waals surface area contributed by atoms with Gasteiger partial charge in [-0.2, -0.15) is 0 Å². The fourth-order valence-electron chi connectivity index (χ4n) is 2.90. The minimum absolute atomic E-state index is 0.0362. The van der Waals surface area contributed by atoms with Gasteiger partial charge in [0, 0.05) is 36.9 Å². The molecule has 0 aliphatic carbocycles. The number of piperidine rings is 1. The summed E-state index contributed by atoms with van der Waals surface area (Å²) in [7, 11) is 0. The molecule has 0 spiro atoms. The highest BCUT2D eigenvalue weighted by Crippen LogP contribution is 2.32. The Kier molecular flexibility index (Phi) is 5.25. The summed E-state index contributed by atoms with van der Waals surface area (Å²) >= 11 is 1.59. The first-order chi connectivity index (χ1) is 11.2. The first-order valence-electron chi connectivity index (χ1n) is 7.87. The number of amides is 2. The Bertz CT molecular complexity index is 610. The SMILES string of the molecule is O=C(NCc1ccncc1)N1CCC([C@@H](O)c2cccs2)CC1. The van der Waals surface area contributed by atoms with Crippen molar-refractivity contribution < 1.29 is 9.90 Å². The summed E-state index contributed by atoms with van der Waals surface area (Å²) in [5, 5.41) is 15.3.